The lowest BCUT2D eigenvalue weighted by Crippen LogP contribution is -1.99. The molecule has 1 rings (SSSR count). The molecule has 0 spiro atoms. The Labute approximate surface area is 83.0 Å². The number of phenolic OH excluding ortho intramolecular Hbond substituents is 1. The topological polar surface area (TPSA) is 57.5 Å². The number of aromatic hydroxyl groups is 1. The molecule has 0 radical (unpaired) electrons. The van der Waals surface area contributed by atoms with Gasteiger partial charge in [0.1, 0.15) is 5.75 Å². The van der Waals surface area contributed by atoms with Crippen LogP contribution in [0.5, 0.6) is 5.75 Å². The normalized spacial score (nSPS) is 12.4. The first-order valence-electron chi connectivity index (χ1n) is 4.60. The molecular formula is C11H14O3. The Hall–Kier alpha value is -1.51. The minimum atomic E-state index is -0.768. The smallest absolute Gasteiger partial charge is 0.303 e. The van der Waals surface area contributed by atoms with E-state index in [1.807, 2.05) is 19.1 Å². The van der Waals surface area contributed by atoms with Gasteiger partial charge in [-0.05, 0) is 30.0 Å². The highest BCUT2D eigenvalue weighted by Gasteiger charge is 2.07. The van der Waals surface area contributed by atoms with Gasteiger partial charge in [0.2, 0.25) is 0 Å². The fraction of sp³-hybridized carbons (Fsp3) is 0.364. The highest BCUT2D eigenvalue weighted by Crippen LogP contribution is 2.22. The lowest BCUT2D eigenvalue weighted by molar-refractivity contribution is -0.137. The van der Waals surface area contributed by atoms with Crippen molar-refractivity contribution in [1.82, 2.24) is 0 Å². The lowest BCUT2D eigenvalue weighted by atomic mass is 9.96. The van der Waals surface area contributed by atoms with Gasteiger partial charge in [-0.15, -0.1) is 0 Å². The van der Waals surface area contributed by atoms with E-state index in [2.05, 4.69) is 0 Å². The van der Waals surface area contributed by atoms with Gasteiger partial charge in [-0.1, -0.05) is 19.1 Å². The van der Waals surface area contributed by atoms with Gasteiger partial charge in [0, 0.05) is 6.42 Å². The van der Waals surface area contributed by atoms with Crippen molar-refractivity contribution < 1.29 is 15.0 Å². The van der Waals surface area contributed by atoms with E-state index in [1.54, 1.807) is 12.1 Å². The van der Waals surface area contributed by atoms with Crippen LogP contribution in [0.4, 0.5) is 0 Å². The molecule has 0 saturated heterocycles. The summed E-state index contributed by atoms with van der Waals surface area (Å²) < 4.78 is 0. The minimum absolute atomic E-state index is 0.183. The second-order valence-electron chi connectivity index (χ2n) is 3.42. The Morgan fingerprint density at radius 1 is 1.36 bits per heavy atom. The molecule has 0 aliphatic heterocycles. The zero-order valence-corrected chi connectivity index (χ0v) is 8.10. The molecule has 0 bridgehead atoms. The first kappa shape index (κ1) is 10.6. The van der Waals surface area contributed by atoms with Gasteiger partial charge in [0.25, 0.3) is 0 Å². The number of benzene rings is 1. The monoisotopic (exact) mass is 194 g/mol. The fourth-order valence-corrected chi connectivity index (χ4v) is 1.31. The number of rotatable bonds is 4. The van der Waals surface area contributed by atoms with Gasteiger partial charge in [-0.2, -0.15) is 0 Å². The van der Waals surface area contributed by atoms with Gasteiger partial charge in [-0.25, -0.2) is 0 Å². The fourth-order valence-electron chi connectivity index (χ4n) is 1.31. The molecule has 3 heteroatoms. The number of phenols is 1. The van der Waals surface area contributed by atoms with Gasteiger partial charge in [0.05, 0.1) is 0 Å². The molecule has 2 N–H and O–H groups in total. The number of aliphatic carboxylic acids is 1. The van der Waals surface area contributed by atoms with Crippen molar-refractivity contribution in [3.63, 3.8) is 0 Å². The predicted molar refractivity (Wildman–Crippen MR) is 53.4 cm³/mol. The number of hydrogen-bond donors (Lipinski definition) is 2. The number of carbonyl (C=O) groups is 1. The summed E-state index contributed by atoms with van der Waals surface area (Å²) in [6.45, 7) is 1.98. The second-order valence-corrected chi connectivity index (χ2v) is 3.42. The van der Waals surface area contributed by atoms with E-state index in [9.17, 15) is 4.79 Å². The largest absolute Gasteiger partial charge is 0.508 e. The van der Waals surface area contributed by atoms with E-state index >= 15 is 0 Å². The van der Waals surface area contributed by atoms with Crippen LogP contribution < -0.4 is 0 Å². The van der Waals surface area contributed by atoms with Crippen LogP contribution in [0.25, 0.3) is 0 Å². The van der Waals surface area contributed by atoms with Gasteiger partial charge in [-0.3, -0.25) is 4.79 Å². The molecule has 0 amide bonds. The third kappa shape index (κ3) is 3.09. The summed E-state index contributed by atoms with van der Waals surface area (Å²) in [7, 11) is 0. The summed E-state index contributed by atoms with van der Waals surface area (Å²) in [5.74, 6) is -0.318. The average Bonchev–Trinajstić information content (AvgIpc) is 2.15. The molecule has 0 aliphatic carbocycles. The zero-order valence-electron chi connectivity index (χ0n) is 8.10. The molecule has 1 atom stereocenters. The van der Waals surface area contributed by atoms with Crippen molar-refractivity contribution >= 4 is 5.97 Å². The van der Waals surface area contributed by atoms with Gasteiger partial charge in [0.15, 0.2) is 0 Å². The number of hydrogen-bond acceptors (Lipinski definition) is 2. The molecule has 76 valence electrons. The van der Waals surface area contributed by atoms with Crippen LogP contribution in [0.1, 0.15) is 31.2 Å². The third-order valence-corrected chi connectivity index (χ3v) is 2.25. The van der Waals surface area contributed by atoms with Crippen molar-refractivity contribution in [2.45, 2.75) is 25.7 Å². The molecule has 1 aromatic rings. The van der Waals surface area contributed by atoms with Crippen LogP contribution >= 0.6 is 0 Å². The molecule has 0 fully saturated rings. The van der Waals surface area contributed by atoms with Crippen LogP contribution in [-0.4, -0.2) is 16.2 Å². The first-order valence-corrected chi connectivity index (χ1v) is 4.60. The lowest BCUT2D eigenvalue weighted by Gasteiger charge is -2.09. The maximum Gasteiger partial charge on any atom is 0.303 e. The molecule has 0 aromatic heterocycles. The first-order chi connectivity index (χ1) is 6.59. The summed E-state index contributed by atoms with van der Waals surface area (Å²) in [5.41, 5.74) is 1.06. The number of carboxylic acid groups (broad SMARTS) is 1. The van der Waals surface area contributed by atoms with Crippen LogP contribution in [0, 0.1) is 0 Å². The Balaban J connectivity index is 2.56. The SMILES string of the molecule is CC(CCC(=O)O)c1ccc(O)cc1. The Bertz CT molecular complexity index is 303. The van der Waals surface area contributed by atoms with Crippen LogP contribution in [0.15, 0.2) is 24.3 Å². The van der Waals surface area contributed by atoms with Crippen molar-refractivity contribution in [2.24, 2.45) is 0 Å². The summed E-state index contributed by atoms with van der Waals surface area (Å²) in [6, 6.07) is 6.88. The van der Waals surface area contributed by atoms with Crippen molar-refractivity contribution in [3.8, 4) is 5.75 Å². The maximum atomic E-state index is 10.3. The van der Waals surface area contributed by atoms with E-state index in [0.29, 0.717) is 6.42 Å². The molecule has 1 aromatic carbocycles. The molecule has 0 aliphatic rings. The summed E-state index contributed by atoms with van der Waals surface area (Å²) in [4.78, 5) is 10.3. The molecule has 0 heterocycles. The van der Waals surface area contributed by atoms with E-state index < -0.39 is 5.97 Å². The molecule has 1 unspecified atom stereocenters. The molecule has 3 nitrogen and oxygen atoms in total. The van der Waals surface area contributed by atoms with E-state index in [4.69, 9.17) is 10.2 Å². The van der Waals surface area contributed by atoms with Crippen LogP contribution in [0.2, 0.25) is 0 Å². The van der Waals surface area contributed by atoms with Gasteiger partial charge < -0.3 is 10.2 Å². The zero-order chi connectivity index (χ0) is 10.6. The Morgan fingerprint density at radius 2 is 1.93 bits per heavy atom. The highest BCUT2D eigenvalue weighted by molar-refractivity contribution is 5.66. The van der Waals surface area contributed by atoms with Crippen LogP contribution in [0.3, 0.4) is 0 Å². The third-order valence-electron chi connectivity index (χ3n) is 2.25. The van der Waals surface area contributed by atoms with E-state index in [0.717, 1.165) is 5.56 Å². The standard InChI is InChI=1S/C11H14O3/c1-8(2-7-11(13)14)9-3-5-10(12)6-4-9/h3-6,8,12H,2,7H2,1H3,(H,13,14). The Morgan fingerprint density at radius 3 is 2.43 bits per heavy atom. The number of carboxylic acids is 1. The second kappa shape index (κ2) is 4.65. The molecule has 0 saturated carbocycles. The van der Waals surface area contributed by atoms with Gasteiger partial charge >= 0.3 is 5.97 Å². The summed E-state index contributed by atoms with van der Waals surface area (Å²) >= 11 is 0. The average molecular weight is 194 g/mol. The highest BCUT2D eigenvalue weighted by atomic mass is 16.4. The maximum absolute atomic E-state index is 10.3. The van der Waals surface area contributed by atoms with Crippen molar-refractivity contribution in [2.75, 3.05) is 0 Å². The minimum Gasteiger partial charge on any atom is -0.508 e. The quantitative estimate of drug-likeness (QED) is 0.773. The summed E-state index contributed by atoms with van der Waals surface area (Å²) in [6.07, 6.45) is 0.808. The summed E-state index contributed by atoms with van der Waals surface area (Å²) in [5, 5.41) is 17.6. The Kier molecular flexibility index (Phi) is 3.51. The van der Waals surface area contributed by atoms with Crippen LogP contribution in [-0.2, 0) is 4.79 Å². The molecule has 14 heavy (non-hydrogen) atoms. The van der Waals surface area contributed by atoms with Crippen molar-refractivity contribution in [1.29, 1.82) is 0 Å². The van der Waals surface area contributed by atoms with E-state index in [-0.39, 0.29) is 18.1 Å². The van der Waals surface area contributed by atoms with E-state index in [1.165, 1.54) is 0 Å². The molecular weight excluding hydrogens is 180 g/mol. The van der Waals surface area contributed by atoms with Crippen molar-refractivity contribution in [3.05, 3.63) is 29.8 Å². The predicted octanol–water partition coefficient (Wildman–Crippen LogP) is 2.36.